The van der Waals surface area contributed by atoms with E-state index in [1.54, 1.807) is 0 Å². The van der Waals surface area contributed by atoms with E-state index in [1.165, 1.54) is 25.3 Å². The minimum absolute atomic E-state index is 0.00303. The van der Waals surface area contributed by atoms with Crippen LogP contribution in [0.1, 0.15) is 19.2 Å². The molecule has 10 heteroatoms. The summed E-state index contributed by atoms with van der Waals surface area (Å²) in [6.07, 6.45) is 1.56. The number of aryl methyl sites for hydroxylation is 1. The minimum Gasteiger partial charge on any atom is -0.496 e. The van der Waals surface area contributed by atoms with Gasteiger partial charge in [0.1, 0.15) is 11.4 Å². The SMILES string of the molecule is CCCc1nnc(SCC(=O)Nc2ccc(OC)cc2[N+](=O)[O-])o1. The average molecular weight is 352 g/mol. The number of anilines is 1. The van der Waals surface area contributed by atoms with Crippen LogP contribution in [-0.4, -0.2) is 33.9 Å². The van der Waals surface area contributed by atoms with Gasteiger partial charge in [-0.3, -0.25) is 14.9 Å². The molecule has 0 aliphatic rings. The number of nitrogens with zero attached hydrogens (tertiary/aromatic N) is 3. The second-order valence-electron chi connectivity index (χ2n) is 4.69. The number of carbonyl (C=O) groups is 1. The second-order valence-corrected chi connectivity index (χ2v) is 5.62. The lowest BCUT2D eigenvalue weighted by Gasteiger charge is -2.06. The van der Waals surface area contributed by atoms with Crippen LogP contribution in [0.15, 0.2) is 27.8 Å². The Bertz CT molecular complexity index is 734. The number of methoxy groups -OCH3 is 1. The Morgan fingerprint density at radius 2 is 2.25 bits per heavy atom. The Labute approximate surface area is 141 Å². The number of hydrogen-bond acceptors (Lipinski definition) is 8. The van der Waals surface area contributed by atoms with Gasteiger partial charge in [0.05, 0.1) is 23.9 Å². The Kier molecular flexibility index (Phi) is 6.13. The van der Waals surface area contributed by atoms with Gasteiger partial charge >= 0.3 is 0 Å². The number of amides is 1. The summed E-state index contributed by atoms with van der Waals surface area (Å²) in [5, 5.41) is 21.5. The molecule has 1 N–H and O–H groups in total. The first-order valence-electron chi connectivity index (χ1n) is 7.11. The second kappa shape index (κ2) is 8.29. The number of nitro groups is 1. The van der Waals surface area contributed by atoms with Crippen LogP contribution >= 0.6 is 11.8 Å². The number of hydrogen-bond donors (Lipinski definition) is 1. The normalized spacial score (nSPS) is 10.4. The van der Waals surface area contributed by atoms with Crippen LogP contribution in [0.4, 0.5) is 11.4 Å². The fourth-order valence-corrected chi connectivity index (χ4v) is 2.40. The number of nitrogens with one attached hydrogen (secondary N) is 1. The van der Waals surface area contributed by atoms with Gasteiger partial charge in [-0.15, -0.1) is 10.2 Å². The quantitative estimate of drug-likeness (QED) is 0.437. The van der Waals surface area contributed by atoms with E-state index in [2.05, 4.69) is 15.5 Å². The van der Waals surface area contributed by atoms with Gasteiger partial charge in [-0.2, -0.15) is 0 Å². The lowest BCUT2D eigenvalue weighted by atomic mass is 10.2. The molecule has 1 aromatic heterocycles. The fourth-order valence-electron chi connectivity index (χ4n) is 1.82. The molecule has 0 fully saturated rings. The van der Waals surface area contributed by atoms with Crippen LogP contribution in [-0.2, 0) is 11.2 Å². The molecule has 0 spiro atoms. The number of ether oxygens (including phenoxy) is 1. The Morgan fingerprint density at radius 3 is 2.92 bits per heavy atom. The lowest BCUT2D eigenvalue weighted by Crippen LogP contribution is -2.15. The zero-order valence-corrected chi connectivity index (χ0v) is 14.0. The van der Waals surface area contributed by atoms with Crippen molar-refractivity contribution in [3.05, 3.63) is 34.2 Å². The zero-order chi connectivity index (χ0) is 17.5. The van der Waals surface area contributed by atoms with Crippen LogP contribution in [0.2, 0.25) is 0 Å². The summed E-state index contributed by atoms with van der Waals surface area (Å²) in [4.78, 5) is 22.5. The molecule has 128 valence electrons. The molecule has 0 radical (unpaired) electrons. The number of nitro benzene ring substituents is 1. The van der Waals surface area contributed by atoms with E-state index in [4.69, 9.17) is 9.15 Å². The third kappa shape index (κ3) is 4.69. The van der Waals surface area contributed by atoms with E-state index in [1.807, 2.05) is 6.92 Å². The van der Waals surface area contributed by atoms with Crippen molar-refractivity contribution in [2.75, 3.05) is 18.2 Å². The molecule has 0 saturated heterocycles. The first kappa shape index (κ1) is 17.7. The highest BCUT2D eigenvalue weighted by Gasteiger charge is 2.18. The largest absolute Gasteiger partial charge is 0.496 e. The first-order valence-corrected chi connectivity index (χ1v) is 8.09. The van der Waals surface area contributed by atoms with Crippen molar-refractivity contribution in [1.29, 1.82) is 0 Å². The number of thioether (sulfide) groups is 1. The van der Waals surface area contributed by atoms with E-state index >= 15 is 0 Å². The van der Waals surface area contributed by atoms with Crippen LogP contribution in [0.5, 0.6) is 5.75 Å². The van der Waals surface area contributed by atoms with Gasteiger partial charge in [0, 0.05) is 6.42 Å². The van der Waals surface area contributed by atoms with Crippen molar-refractivity contribution in [2.45, 2.75) is 25.0 Å². The van der Waals surface area contributed by atoms with Gasteiger partial charge in [0.25, 0.3) is 10.9 Å². The maximum Gasteiger partial charge on any atom is 0.296 e. The summed E-state index contributed by atoms with van der Waals surface area (Å²) in [7, 11) is 1.41. The predicted molar refractivity (Wildman–Crippen MR) is 87.3 cm³/mol. The molecule has 1 amide bonds. The van der Waals surface area contributed by atoms with Crippen LogP contribution in [0.3, 0.4) is 0 Å². The van der Waals surface area contributed by atoms with Gasteiger partial charge in [-0.25, -0.2) is 0 Å². The van der Waals surface area contributed by atoms with E-state index in [0.29, 0.717) is 18.1 Å². The Hall–Kier alpha value is -2.62. The highest BCUT2D eigenvalue weighted by Crippen LogP contribution is 2.29. The van der Waals surface area contributed by atoms with Gasteiger partial charge < -0.3 is 14.5 Å². The van der Waals surface area contributed by atoms with E-state index in [0.717, 1.165) is 18.2 Å². The van der Waals surface area contributed by atoms with Crippen LogP contribution in [0, 0.1) is 10.1 Å². The first-order chi connectivity index (χ1) is 11.5. The van der Waals surface area contributed by atoms with Crippen molar-refractivity contribution < 1.29 is 18.9 Å². The summed E-state index contributed by atoms with van der Waals surface area (Å²) < 4.78 is 10.3. The highest BCUT2D eigenvalue weighted by atomic mass is 32.2. The highest BCUT2D eigenvalue weighted by molar-refractivity contribution is 7.99. The molecule has 0 aliphatic heterocycles. The maximum absolute atomic E-state index is 12.0. The molecule has 0 saturated carbocycles. The standard InChI is InChI=1S/C14H16N4O5S/c1-3-4-13-16-17-14(23-13)24-8-12(19)15-10-6-5-9(22-2)7-11(10)18(20)21/h5-7H,3-4,8H2,1-2H3,(H,15,19). The maximum atomic E-state index is 12.0. The van der Waals surface area contributed by atoms with Gasteiger partial charge in [-0.1, -0.05) is 18.7 Å². The van der Waals surface area contributed by atoms with Crippen LogP contribution < -0.4 is 10.1 Å². The molecule has 9 nitrogen and oxygen atoms in total. The van der Waals surface area contributed by atoms with Crippen LogP contribution in [0.25, 0.3) is 0 Å². The van der Waals surface area contributed by atoms with Gasteiger partial charge in [-0.05, 0) is 18.6 Å². The molecular formula is C14H16N4O5S. The van der Waals surface area contributed by atoms with Crippen molar-refractivity contribution in [3.63, 3.8) is 0 Å². The molecule has 0 atom stereocenters. The molecule has 1 aromatic carbocycles. The lowest BCUT2D eigenvalue weighted by molar-refractivity contribution is -0.384. The minimum atomic E-state index is -0.583. The molecule has 24 heavy (non-hydrogen) atoms. The van der Waals surface area contributed by atoms with Crippen molar-refractivity contribution >= 4 is 29.0 Å². The molecule has 2 aromatic rings. The summed E-state index contributed by atoms with van der Waals surface area (Å²) in [6, 6.07) is 4.20. The average Bonchev–Trinajstić information content (AvgIpc) is 3.01. The molecule has 1 heterocycles. The van der Waals surface area contributed by atoms with Crippen molar-refractivity contribution in [3.8, 4) is 5.75 Å². The third-order valence-corrected chi connectivity index (χ3v) is 3.73. The fraction of sp³-hybridized carbons (Fsp3) is 0.357. The molecule has 2 rings (SSSR count). The molecular weight excluding hydrogens is 336 g/mol. The van der Waals surface area contributed by atoms with Gasteiger partial charge in [0.2, 0.25) is 11.8 Å². The zero-order valence-electron chi connectivity index (χ0n) is 13.1. The smallest absolute Gasteiger partial charge is 0.296 e. The topological polar surface area (TPSA) is 120 Å². The summed E-state index contributed by atoms with van der Waals surface area (Å²) in [6.45, 7) is 1.99. The monoisotopic (exact) mass is 352 g/mol. The van der Waals surface area contributed by atoms with Crippen molar-refractivity contribution in [1.82, 2.24) is 10.2 Å². The third-order valence-electron chi connectivity index (χ3n) is 2.91. The van der Waals surface area contributed by atoms with Gasteiger partial charge in [0.15, 0.2) is 0 Å². The summed E-state index contributed by atoms with van der Waals surface area (Å²) >= 11 is 1.07. The molecule has 0 bridgehead atoms. The van der Waals surface area contributed by atoms with E-state index < -0.39 is 10.8 Å². The number of carbonyl (C=O) groups excluding carboxylic acids is 1. The Morgan fingerprint density at radius 1 is 1.46 bits per heavy atom. The molecule has 0 aliphatic carbocycles. The Balaban J connectivity index is 1.97. The van der Waals surface area contributed by atoms with Crippen molar-refractivity contribution in [2.24, 2.45) is 0 Å². The van der Waals surface area contributed by atoms with E-state index in [9.17, 15) is 14.9 Å². The number of aromatic nitrogens is 2. The molecule has 0 unspecified atom stereocenters. The van der Waals surface area contributed by atoms with E-state index in [-0.39, 0.29) is 22.4 Å². The summed E-state index contributed by atoms with van der Waals surface area (Å²) in [5.41, 5.74) is -0.140. The number of benzene rings is 1. The predicted octanol–water partition coefficient (Wildman–Crippen LogP) is 2.67. The number of rotatable bonds is 8. The summed E-state index contributed by atoms with van der Waals surface area (Å²) in [5.74, 6) is 0.440.